The molecule has 1 N–H and O–H groups in total. The number of hydrogen-bond donors (Lipinski definition) is 1. The van der Waals surface area contributed by atoms with Crippen molar-refractivity contribution in [2.75, 3.05) is 39.4 Å². The maximum absolute atomic E-state index is 14.1. The van der Waals surface area contributed by atoms with Crippen LogP contribution < -0.4 is 5.32 Å². The summed E-state index contributed by atoms with van der Waals surface area (Å²) in [7, 11) is 0. The number of benzene rings is 1. The zero-order valence-electron chi connectivity index (χ0n) is 21.0. The lowest BCUT2D eigenvalue weighted by molar-refractivity contribution is -0.128. The summed E-state index contributed by atoms with van der Waals surface area (Å²) in [5.74, 6) is -2.05. The van der Waals surface area contributed by atoms with Gasteiger partial charge in [0.1, 0.15) is 11.6 Å². The van der Waals surface area contributed by atoms with Gasteiger partial charge in [-0.15, -0.1) is 0 Å². The Balaban J connectivity index is 1.38. The summed E-state index contributed by atoms with van der Waals surface area (Å²) in [5.41, 5.74) is 1.38. The van der Waals surface area contributed by atoms with Crippen molar-refractivity contribution in [3.8, 4) is 0 Å². The first kappa shape index (κ1) is 25.3. The van der Waals surface area contributed by atoms with E-state index in [2.05, 4.69) is 15.2 Å². The van der Waals surface area contributed by atoms with Crippen LogP contribution in [0.3, 0.4) is 0 Å². The Kier molecular flexibility index (Phi) is 6.96. The van der Waals surface area contributed by atoms with Gasteiger partial charge in [0.15, 0.2) is 0 Å². The molecule has 196 valence electrons. The highest BCUT2D eigenvalue weighted by Crippen LogP contribution is 2.31. The van der Waals surface area contributed by atoms with E-state index in [9.17, 15) is 18.4 Å². The molecule has 8 nitrogen and oxygen atoms in total. The number of pyridine rings is 1. The topological polar surface area (TPSA) is 79.2 Å². The van der Waals surface area contributed by atoms with Gasteiger partial charge in [-0.3, -0.25) is 14.5 Å². The smallest absolute Gasteiger partial charge is 0.256 e. The Morgan fingerprint density at radius 3 is 2.73 bits per heavy atom. The maximum atomic E-state index is 14.1. The fourth-order valence-corrected chi connectivity index (χ4v) is 5.38. The fourth-order valence-electron chi connectivity index (χ4n) is 5.38. The van der Waals surface area contributed by atoms with Gasteiger partial charge in [-0.1, -0.05) is 0 Å². The molecule has 2 saturated heterocycles. The number of imidazole rings is 1. The van der Waals surface area contributed by atoms with E-state index in [4.69, 9.17) is 4.74 Å². The molecule has 2 fully saturated rings. The second kappa shape index (κ2) is 10.2. The van der Waals surface area contributed by atoms with Crippen LogP contribution in [0.25, 0.3) is 5.52 Å². The standard InChI is InChI=1S/C27H31F2N5O3/c1-27(2)16-37-9-8-34(27)15-25(35)31-23-14-32(7-5-21(23)18-10-19(28)12-20(29)11-18)26(36)22-4-3-6-33-17-30-13-24(22)33/h3-4,6,10-13,17,21,23H,5,7-9,14-16H2,1-2H3,(H,31,35)/t21-,23+/m0/s1. The van der Waals surface area contributed by atoms with Crippen molar-refractivity contribution in [3.63, 3.8) is 0 Å². The van der Waals surface area contributed by atoms with Crippen molar-refractivity contribution >= 4 is 17.3 Å². The number of nitrogens with one attached hydrogen (secondary N) is 1. The Labute approximate surface area is 214 Å². The largest absolute Gasteiger partial charge is 0.378 e. The average Bonchev–Trinajstić information content (AvgIpc) is 3.33. The highest BCUT2D eigenvalue weighted by Gasteiger charge is 2.36. The van der Waals surface area contributed by atoms with Crippen LogP contribution in [-0.2, 0) is 9.53 Å². The molecule has 0 unspecified atom stereocenters. The van der Waals surface area contributed by atoms with Crippen LogP contribution in [0.4, 0.5) is 8.78 Å². The number of halogens is 2. The number of ether oxygens (including phenoxy) is 1. The minimum Gasteiger partial charge on any atom is -0.378 e. The first-order valence-corrected chi connectivity index (χ1v) is 12.5. The number of carbonyl (C=O) groups is 2. The van der Waals surface area contributed by atoms with Gasteiger partial charge in [-0.2, -0.15) is 0 Å². The number of aromatic nitrogens is 2. The molecule has 0 aliphatic carbocycles. The van der Waals surface area contributed by atoms with Gasteiger partial charge in [0, 0.05) is 43.4 Å². The monoisotopic (exact) mass is 511 g/mol. The number of rotatable bonds is 5. The van der Waals surface area contributed by atoms with Gasteiger partial charge in [-0.25, -0.2) is 13.8 Å². The van der Waals surface area contributed by atoms with Gasteiger partial charge in [0.05, 0.1) is 49.4 Å². The highest BCUT2D eigenvalue weighted by molar-refractivity contribution is 6.00. The number of hydrogen-bond acceptors (Lipinski definition) is 5. The Morgan fingerprint density at radius 1 is 1.19 bits per heavy atom. The zero-order chi connectivity index (χ0) is 26.2. The first-order chi connectivity index (χ1) is 17.7. The normalized spacial score (nSPS) is 22.2. The molecule has 0 bridgehead atoms. The lowest BCUT2D eigenvalue weighted by Crippen LogP contribution is -2.58. The molecule has 2 aliphatic heterocycles. The van der Waals surface area contributed by atoms with E-state index >= 15 is 0 Å². The summed E-state index contributed by atoms with van der Waals surface area (Å²) in [6.07, 6.45) is 5.54. The molecule has 5 rings (SSSR count). The van der Waals surface area contributed by atoms with Gasteiger partial charge in [0.25, 0.3) is 5.91 Å². The third-order valence-corrected chi connectivity index (χ3v) is 7.39. The molecule has 2 aromatic heterocycles. The van der Waals surface area contributed by atoms with Gasteiger partial charge in [0.2, 0.25) is 5.91 Å². The molecule has 2 amide bonds. The van der Waals surface area contributed by atoms with Crippen LogP contribution in [0.2, 0.25) is 0 Å². The quantitative estimate of drug-likeness (QED) is 0.570. The second-order valence-electron chi connectivity index (χ2n) is 10.4. The van der Waals surface area contributed by atoms with Crippen molar-refractivity contribution in [3.05, 3.63) is 71.8 Å². The molecule has 2 aliphatic rings. The molecule has 0 saturated carbocycles. The summed E-state index contributed by atoms with van der Waals surface area (Å²) in [4.78, 5) is 34.6. The Morgan fingerprint density at radius 2 is 1.97 bits per heavy atom. The number of likely N-dealkylation sites (tertiary alicyclic amines) is 1. The van der Waals surface area contributed by atoms with Gasteiger partial charge >= 0.3 is 0 Å². The molecule has 10 heteroatoms. The summed E-state index contributed by atoms with van der Waals surface area (Å²) < 4.78 is 35.5. The average molecular weight is 512 g/mol. The SMILES string of the molecule is CC1(C)COCCN1CC(=O)N[C@@H]1CN(C(=O)c2cccn3cncc23)CC[C@H]1c1cc(F)cc(F)c1. The number of fused-ring (bicyclic) bond motifs is 1. The Bertz CT molecular complexity index is 1290. The molecule has 2 atom stereocenters. The summed E-state index contributed by atoms with van der Waals surface area (Å²) >= 11 is 0. The van der Waals surface area contributed by atoms with Crippen molar-refractivity contribution in [2.24, 2.45) is 0 Å². The number of amides is 2. The van der Waals surface area contributed by atoms with Crippen LogP contribution in [0, 0.1) is 11.6 Å². The fraction of sp³-hybridized carbons (Fsp3) is 0.444. The molecule has 0 spiro atoms. The molecule has 0 radical (unpaired) electrons. The summed E-state index contributed by atoms with van der Waals surface area (Å²) in [6.45, 7) is 6.52. The molecule has 37 heavy (non-hydrogen) atoms. The maximum Gasteiger partial charge on any atom is 0.256 e. The van der Waals surface area contributed by atoms with Crippen LogP contribution in [0.5, 0.6) is 0 Å². The van der Waals surface area contributed by atoms with Crippen molar-refractivity contribution in [1.82, 2.24) is 24.5 Å². The first-order valence-electron chi connectivity index (χ1n) is 12.5. The number of morpholine rings is 1. The molecule has 3 aromatic rings. The van der Waals surface area contributed by atoms with Crippen LogP contribution in [-0.4, -0.2) is 82.0 Å². The third kappa shape index (κ3) is 5.35. The van der Waals surface area contributed by atoms with Crippen LogP contribution in [0.1, 0.15) is 42.1 Å². The number of carbonyl (C=O) groups excluding carboxylic acids is 2. The van der Waals surface area contributed by atoms with E-state index in [1.807, 2.05) is 20.0 Å². The van der Waals surface area contributed by atoms with Crippen molar-refractivity contribution in [1.29, 1.82) is 0 Å². The lowest BCUT2D eigenvalue weighted by atomic mass is 9.84. The number of nitrogens with zero attached hydrogens (tertiary/aromatic N) is 4. The minimum absolute atomic E-state index is 0.167. The van der Waals surface area contributed by atoms with E-state index in [1.54, 1.807) is 34.0 Å². The predicted octanol–water partition coefficient (Wildman–Crippen LogP) is 2.84. The predicted molar refractivity (Wildman–Crippen MR) is 133 cm³/mol. The summed E-state index contributed by atoms with van der Waals surface area (Å²) in [6, 6.07) is 6.47. The minimum atomic E-state index is -0.666. The van der Waals surface area contributed by atoms with E-state index in [0.29, 0.717) is 49.4 Å². The molecular weight excluding hydrogens is 480 g/mol. The van der Waals surface area contributed by atoms with Gasteiger partial charge in [-0.05, 0) is 50.1 Å². The zero-order valence-corrected chi connectivity index (χ0v) is 21.0. The number of piperidine rings is 1. The lowest BCUT2D eigenvalue weighted by Gasteiger charge is -2.43. The molecular formula is C27H31F2N5O3. The summed E-state index contributed by atoms with van der Waals surface area (Å²) in [5, 5.41) is 3.08. The molecule has 1 aromatic carbocycles. The van der Waals surface area contributed by atoms with Gasteiger partial charge < -0.3 is 19.4 Å². The van der Waals surface area contributed by atoms with Crippen molar-refractivity contribution in [2.45, 2.75) is 37.8 Å². The van der Waals surface area contributed by atoms with Crippen molar-refractivity contribution < 1.29 is 23.1 Å². The van der Waals surface area contributed by atoms with E-state index < -0.39 is 17.7 Å². The van der Waals surface area contributed by atoms with E-state index in [-0.39, 0.29) is 36.4 Å². The van der Waals surface area contributed by atoms with E-state index in [1.165, 1.54) is 12.1 Å². The van der Waals surface area contributed by atoms with E-state index in [0.717, 1.165) is 6.07 Å². The molecule has 4 heterocycles. The second-order valence-corrected chi connectivity index (χ2v) is 10.4. The van der Waals surface area contributed by atoms with Crippen LogP contribution in [0.15, 0.2) is 49.1 Å². The Hall–Kier alpha value is -3.37. The third-order valence-electron chi connectivity index (χ3n) is 7.39. The van der Waals surface area contributed by atoms with Crippen LogP contribution >= 0.6 is 0 Å². The highest BCUT2D eigenvalue weighted by atomic mass is 19.1.